The van der Waals surface area contributed by atoms with E-state index in [0.29, 0.717) is 17.3 Å². The number of hydrogen-bond donors (Lipinski definition) is 1. The van der Waals surface area contributed by atoms with Gasteiger partial charge in [-0.25, -0.2) is 0 Å². The summed E-state index contributed by atoms with van der Waals surface area (Å²) >= 11 is 0. The van der Waals surface area contributed by atoms with Crippen LogP contribution >= 0.6 is 0 Å². The summed E-state index contributed by atoms with van der Waals surface area (Å²) in [5.41, 5.74) is 1.46. The number of aliphatic hydroxyl groups is 1. The zero-order valence-electron chi connectivity index (χ0n) is 10.8. The molecular weight excluding hydrogens is 196 g/mol. The van der Waals surface area contributed by atoms with Gasteiger partial charge in [-0.05, 0) is 61.7 Å². The molecule has 1 N–H and O–H groups in total. The van der Waals surface area contributed by atoms with Crippen LogP contribution in [0, 0.1) is 29.1 Å². The minimum absolute atomic E-state index is 0.436. The van der Waals surface area contributed by atoms with E-state index in [1.165, 1.54) is 18.4 Å². The first kappa shape index (κ1) is 10.8. The summed E-state index contributed by atoms with van der Waals surface area (Å²) in [5, 5.41) is 10.6. The third-order valence-electron chi connectivity index (χ3n) is 5.94. The van der Waals surface area contributed by atoms with Crippen molar-refractivity contribution in [1.29, 1.82) is 0 Å². The molecule has 5 atom stereocenters. The molecule has 0 amide bonds. The lowest BCUT2D eigenvalue weighted by Crippen LogP contribution is -2.34. The number of rotatable bonds is 0. The molecule has 0 heterocycles. The second-order valence-corrected chi connectivity index (χ2v) is 7.18. The van der Waals surface area contributed by atoms with Gasteiger partial charge in [0, 0.05) is 0 Å². The Labute approximate surface area is 98.9 Å². The highest BCUT2D eigenvalue weighted by atomic mass is 16.3. The van der Waals surface area contributed by atoms with Crippen LogP contribution in [-0.2, 0) is 0 Å². The van der Waals surface area contributed by atoms with Crippen molar-refractivity contribution >= 4 is 0 Å². The van der Waals surface area contributed by atoms with Crippen LogP contribution in [0.2, 0.25) is 0 Å². The number of allylic oxidation sites excluding steroid dienone is 1. The molecule has 0 aromatic rings. The predicted molar refractivity (Wildman–Crippen MR) is 66.0 cm³/mol. The molecule has 3 fully saturated rings. The van der Waals surface area contributed by atoms with E-state index in [4.69, 9.17) is 0 Å². The van der Waals surface area contributed by atoms with Gasteiger partial charge in [-0.3, -0.25) is 0 Å². The molecule has 0 unspecified atom stereocenters. The quantitative estimate of drug-likeness (QED) is 0.620. The van der Waals surface area contributed by atoms with Gasteiger partial charge in [0.1, 0.15) is 0 Å². The summed E-state index contributed by atoms with van der Waals surface area (Å²) in [5.74, 6) is 2.67. The standard InChI is InChI=1S/C15H24O/c1-9-5-6-11-13(14(11,2)3)12-10(9)7-8-15(12,4)16/h10-13,16H,1,5-8H2,2-4H3/t10-,11+,12-,13-,15-/m1/s1. The van der Waals surface area contributed by atoms with E-state index in [9.17, 15) is 5.11 Å². The van der Waals surface area contributed by atoms with Crippen LogP contribution in [0.15, 0.2) is 12.2 Å². The summed E-state index contributed by atoms with van der Waals surface area (Å²) in [6, 6.07) is 0. The molecule has 90 valence electrons. The van der Waals surface area contributed by atoms with Crippen molar-refractivity contribution in [1.82, 2.24) is 0 Å². The van der Waals surface area contributed by atoms with Gasteiger partial charge in [0.2, 0.25) is 0 Å². The Balaban J connectivity index is 1.98. The lowest BCUT2D eigenvalue weighted by Gasteiger charge is -2.31. The van der Waals surface area contributed by atoms with E-state index >= 15 is 0 Å². The van der Waals surface area contributed by atoms with Crippen LogP contribution in [0.5, 0.6) is 0 Å². The Morgan fingerprint density at radius 2 is 1.88 bits per heavy atom. The predicted octanol–water partition coefficient (Wildman–Crippen LogP) is 3.39. The molecule has 3 aliphatic carbocycles. The molecule has 1 heteroatoms. The van der Waals surface area contributed by atoms with Gasteiger partial charge in [0.25, 0.3) is 0 Å². The maximum absolute atomic E-state index is 10.6. The third-order valence-corrected chi connectivity index (χ3v) is 5.94. The summed E-state index contributed by atoms with van der Waals surface area (Å²) in [4.78, 5) is 0. The third kappa shape index (κ3) is 1.21. The molecule has 1 nitrogen and oxygen atoms in total. The molecule has 3 rings (SSSR count). The molecule has 3 aliphatic rings. The molecule has 0 aliphatic heterocycles. The monoisotopic (exact) mass is 220 g/mol. The second-order valence-electron chi connectivity index (χ2n) is 7.18. The maximum Gasteiger partial charge on any atom is 0.0656 e. The van der Waals surface area contributed by atoms with Crippen LogP contribution in [0.25, 0.3) is 0 Å². The minimum Gasteiger partial charge on any atom is -0.390 e. The topological polar surface area (TPSA) is 20.2 Å². The Morgan fingerprint density at radius 3 is 2.56 bits per heavy atom. The van der Waals surface area contributed by atoms with E-state index in [1.807, 2.05) is 0 Å². The highest BCUT2D eigenvalue weighted by Gasteiger charge is 2.67. The summed E-state index contributed by atoms with van der Waals surface area (Å²) in [7, 11) is 0. The summed E-state index contributed by atoms with van der Waals surface area (Å²) in [6.07, 6.45) is 4.64. The van der Waals surface area contributed by atoms with Crippen molar-refractivity contribution in [2.45, 2.75) is 52.1 Å². The lowest BCUT2D eigenvalue weighted by molar-refractivity contribution is -0.00137. The highest BCUT2D eigenvalue weighted by molar-refractivity contribution is 5.22. The molecule has 0 radical (unpaired) electrons. The largest absolute Gasteiger partial charge is 0.390 e. The lowest BCUT2D eigenvalue weighted by atomic mass is 9.78. The van der Waals surface area contributed by atoms with Crippen molar-refractivity contribution in [2.24, 2.45) is 29.1 Å². The molecule has 0 aromatic carbocycles. The van der Waals surface area contributed by atoms with Crippen molar-refractivity contribution in [3.05, 3.63) is 12.2 Å². The van der Waals surface area contributed by atoms with Crippen LogP contribution < -0.4 is 0 Å². The zero-order chi connectivity index (χ0) is 11.7. The average Bonchev–Trinajstić information content (AvgIpc) is 2.61. The van der Waals surface area contributed by atoms with Gasteiger partial charge in [-0.2, -0.15) is 0 Å². The fourth-order valence-corrected chi connectivity index (χ4v) is 4.90. The number of fused-ring (bicyclic) bond motifs is 3. The van der Waals surface area contributed by atoms with E-state index < -0.39 is 5.60 Å². The van der Waals surface area contributed by atoms with Crippen LogP contribution in [0.3, 0.4) is 0 Å². The van der Waals surface area contributed by atoms with Crippen LogP contribution in [-0.4, -0.2) is 10.7 Å². The van der Waals surface area contributed by atoms with Crippen LogP contribution in [0.1, 0.15) is 46.5 Å². The van der Waals surface area contributed by atoms with Crippen molar-refractivity contribution in [2.75, 3.05) is 0 Å². The van der Waals surface area contributed by atoms with Crippen LogP contribution in [0.4, 0.5) is 0 Å². The van der Waals surface area contributed by atoms with Crippen molar-refractivity contribution < 1.29 is 5.11 Å². The van der Waals surface area contributed by atoms with Crippen molar-refractivity contribution in [3.8, 4) is 0 Å². The summed E-state index contributed by atoms with van der Waals surface area (Å²) in [6.45, 7) is 11.1. The normalized spacial score (nSPS) is 54.1. The molecule has 0 spiro atoms. The fraction of sp³-hybridized carbons (Fsp3) is 0.867. The van der Waals surface area contributed by atoms with Gasteiger partial charge >= 0.3 is 0 Å². The molecule has 0 bridgehead atoms. The molecule has 0 saturated heterocycles. The Morgan fingerprint density at radius 1 is 1.19 bits per heavy atom. The number of hydrogen-bond acceptors (Lipinski definition) is 1. The van der Waals surface area contributed by atoms with E-state index in [2.05, 4.69) is 27.4 Å². The minimum atomic E-state index is -0.436. The molecule has 0 aromatic heterocycles. The van der Waals surface area contributed by atoms with E-state index in [1.54, 1.807) is 0 Å². The van der Waals surface area contributed by atoms with Gasteiger partial charge in [-0.15, -0.1) is 0 Å². The zero-order valence-corrected chi connectivity index (χ0v) is 10.8. The Bertz CT molecular complexity index is 339. The van der Waals surface area contributed by atoms with Gasteiger partial charge in [-0.1, -0.05) is 26.0 Å². The fourth-order valence-electron chi connectivity index (χ4n) is 4.90. The Hall–Kier alpha value is -0.300. The van der Waals surface area contributed by atoms with E-state index in [0.717, 1.165) is 24.7 Å². The van der Waals surface area contributed by atoms with Crippen molar-refractivity contribution in [3.63, 3.8) is 0 Å². The SMILES string of the molecule is C=C1CC[C@H]2[C@H]([C@H]3[C@@H]1CC[C@@]3(C)O)C2(C)C. The Kier molecular flexibility index (Phi) is 1.98. The molecule has 16 heavy (non-hydrogen) atoms. The van der Waals surface area contributed by atoms with Gasteiger partial charge in [0.15, 0.2) is 0 Å². The molecular formula is C15H24O. The van der Waals surface area contributed by atoms with Gasteiger partial charge < -0.3 is 5.11 Å². The maximum atomic E-state index is 10.6. The van der Waals surface area contributed by atoms with Gasteiger partial charge in [0.05, 0.1) is 5.60 Å². The average molecular weight is 220 g/mol. The first-order chi connectivity index (χ1) is 7.36. The smallest absolute Gasteiger partial charge is 0.0656 e. The second kappa shape index (κ2) is 2.93. The molecule has 3 saturated carbocycles. The van der Waals surface area contributed by atoms with E-state index in [-0.39, 0.29) is 0 Å². The first-order valence-electron chi connectivity index (χ1n) is 6.76. The highest BCUT2D eigenvalue weighted by Crippen LogP contribution is 2.71. The first-order valence-corrected chi connectivity index (χ1v) is 6.76. The summed E-state index contributed by atoms with van der Waals surface area (Å²) < 4.78 is 0.